The summed E-state index contributed by atoms with van der Waals surface area (Å²) in [7, 11) is 1.60. The maximum absolute atomic E-state index is 13.0. The van der Waals surface area contributed by atoms with Crippen LogP contribution >= 0.6 is 11.8 Å². The molecule has 0 aliphatic heterocycles. The zero-order chi connectivity index (χ0) is 21.8. The molecule has 0 N–H and O–H groups in total. The topological polar surface area (TPSA) is 89.7 Å². The molecule has 0 spiro atoms. The van der Waals surface area contributed by atoms with Crippen molar-refractivity contribution in [2.75, 3.05) is 19.9 Å². The zero-order valence-corrected chi connectivity index (χ0v) is 18.0. The van der Waals surface area contributed by atoms with Crippen molar-refractivity contribution in [2.24, 2.45) is 0 Å². The lowest BCUT2D eigenvalue weighted by Gasteiger charge is -2.17. The minimum atomic E-state index is -0.531. The molecule has 2 heterocycles. The second kappa shape index (κ2) is 9.21. The lowest BCUT2D eigenvalue weighted by molar-refractivity contribution is -0.151. The quantitative estimate of drug-likeness (QED) is 0.419. The van der Waals surface area contributed by atoms with Crippen LogP contribution in [0.3, 0.4) is 0 Å². The number of hydrogen-bond donors (Lipinski definition) is 0. The van der Waals surface area contributed by atoms with Gasteiger partial charge in [-0.25, -0.2) is 13.9 Å². The van der Waals surface area contributed by atoms with Crippen LogP contribution in [-0.2, 0) is 27.3 Å². The Bertz CT molecular complexity index is 1080. The molecule has 0 unspecified atom stereocenters. The Balaban J connectivity index is 1.60. The molecule has 1 aromatic carbocycles. The van der Waals surface area contributed by atoms with Crippen LogP contribution in [0.4, 0.5) is 4.39 Å². The average Bonchev–Trinajstić information content (AvgIpc) is 3.14. The first kappa shape index (κ1) is 21.7. The molecule has 0 aliphatic rings. The molecular weight excluding hydrogens is 409 g/mol. The number of thioether (sulfide) groups is 1. The molecule has 0 saturated heterocycles. The Morgan fingerprint density at radius 2 is 1.90 bits per heavy atom. The van der Waals surface area contributed by atoms with Crippen LogP contribution in [0, 0.1) is 19.7 Å². The SMILES string of the molecule is CSc1nc2nc(C)c(CC(=O)OCC(=O)N(C)Cc3ccc(F)cc3)c(C)n2n1. The molecule has 0 bridgehead atoms. The number of halogens is 1. The zero-order valence-electron chi connectivity index (χ0n) is 17.2. The van der Waals surface area contributed by atoms with Crippen LogP contribution in [0.15, 0.2) is 29.4 Å². The Hall–Kier alpha value is -3.01. The molecule has 2 aromatic heterocycles. The maximum Gasteiger partial charge on any atom is 0.310 e. The van der Waals surface area contributed by atoms with Gasteiger partial charge in [0.25, 0.3) is 11.7 Å². The van der Waals surface area contributed by atoms with Crippen molar-refractivity contribution in [1.82, 2.24) is 24.5 Å². The summed E-state index contributed by atoms with van der Waals surface area (Å²) in [6, 6.07) is 5.87. The first-order valence-corrected chi connectivity index (χ1v) is 10.4. The predicted molar refractivity (Wildman–Crippen MR) is 110 cm³/mol. The minimum Gasteiger partial charge on any atom is -0.455 e. The third kappa shape index (κ3) is 4.93. The van der Waals surface area contributed by atoms with Gasteiger partial charge in [-0.2, -0.15) is 4.98 Å². The summed E-state index contributed by atoms with van der Waals surface area (Å²) < 4.78 is 19.7. The van der Waals surface area contributed by atoms with Gasteiger partial charge in [-0.05, 0) is 37.8 Å². The van der Waals surface area contributed by atoms with Gasteiger partial charge in [0.15, 0.2) is 6.61 Å². The molecule has 0 fully saturated rings. The van der Waals surface area contributed by atoms with Crippen molar-refractivity contribution in [3.05, 3.63) is 52.6 Å². The first-order valence-electron chi connectivity index (χ1n) is 9.19. The highest BCUT2D eigenvalue weighted by atomic mass is 32.2. The maximum atomic E-state index is 13.0. The van der Waals surface area contributed by atoms with Gasteiger partial charge in [0.1, 0.15) is 5.82 Å². The summed E-state index contributed by atoms with van der Waals surface area (Å²) >= 11 is 1.41. The lowest BCUT2D eigenvalue weighted by atomic mass is 10.1. The molecule has 30 heavy (non-hydrogen) atoms. The lowest BCUT2D eigenvalue weighted by Crippen LogP contribution is -2.31. The number of ether oxygens (including phenoxy) is 1. The Morgan fingerprint density at radius 3 is 2.57 bits per heavy atom. The highest BCUT2D eigenvalue weighted by molar-refractivity contribution is 7.98. The number of carbonyl (C=O) groups is 2. The highest BCUT2D eigenvalue weighted by Gasteiger charge is 2.18. The summed E-state index contributed by atoms with van der Waals surface area (Å²) in [4.78, 5) is 34.7. The van der Waals surface area contributed by atoms with Crippen LogP contribution in [0.25, 0.3) is 5.78 Å². The molecule has 0 saturated carbocycles. The number of hydrogen-bond acceptors (Lipinski definition) is 7. The van der Waals surface area contributed by atoms with Crippen molar-refractivity contribution >= 4 is 29.4 Å². The van der Waals surface area contributed by atoms with Crippen molar-refractivity contribution in [2.45, 2.75) is 32.0 Å². The van der Waals surface area contributed by atoms with Crippen molar-refractivity contribution in [1.29, 1.82) is 0 Å². The van der Waals surface area contributed by atoms with Gasteiger partial charge in [0, 0.05) is 30.5 Å². The third-order valence-corrected chi connectivity index (χ3v) is 5.19. The number of nitrogens with zero attached hydrogens (tertiary/aromatic N) is 5. The Labute approximate surface area is 177 Å². The number of aryl methyl sites for hydroxylation is 2. The molecule has 158 valence electrons. The van der Waals surface area contributed by atoms with Crippen LogP contribution in [0.1, 0.15) is 22.5 Å². The molecule has 0 radical (unpaired) electrons. The number of fused-ring (bicyclic) bond motifs is 1. The minimum absolute atomic E-state index is 0.0238. The molecule has 3 aromatic rings. The van der Waals surface area contributed by atoms with E-state index in [0.29, 0.717) is 28.7 Å². The van der Waals surface area contributed by atoms with E-state index in [-0.39, 0.29) is 24.8 Å². The number of amides is 1. The number of aromatic nitrogens is 4. The van der Waals surface area contributed by atoms with E-state index in [1.165, 1.54) is 28.8 Å². The second-order valence-corrected chi connectivity index (χ2v) is 7.56. The van der Waals surface area contributed by atoms with E-state index in [1.54, 1.807) is 30.6 Å². The number of carbonyl (C=O) groups excluding carboxylic acids is 2. The van der Waals surface area contributed by atoms with Gasteiger partial charge in [0.2, 0.25) is 5.16 Å². The largest absolute Gasteiger partial charge is 0.455 e. The van der Waals surface area contributed by atoms with Crippen molar-refractivity contribution in [3.63, 3.8) is 0 Å². The fourth-order valence-corrected chi connectivity index (χ4v) is 3.27. The average molecular weight is 431 g/mol. The normalized spacial score (nSPS) is 11.0. The van der Waals surface area contributed by atoms with E-state index in [9.17, 15) is 14.0 Å². The van der Waals surface area contributed by atoms with Gasteiger partial charge in [-0.3, -0.25) is 9.59 Å². The summed E-state index contributed by atoms with van der Waals surface area (Å²) in [6.45, 7) is 3.55. The molecule has 0 aliphatic carbocycles. The van der Waals surface area contributed by atoms with E-state index >= 15 is 0 Å². The summed E-state index contributed by atoms with van der Waals surface area (Å²) in [6.07, 6.45) is 1.85. The van der Waals surface area contributed by atoms with Gasteiger partial charge in [-0.15, -0.1) is 5.10 Å². The molecule has 8 nitrogen and oxygen atoms in total. The molecule has 3 rings (SSSR count). The summed E-state index contributed by atoms with van der Waals surface area (Å²) in [5.41, 5.74) is 2.89. The first-order chi connectivity index (χ1) is 14.3. The fraction of sp³-hybridized carbons (Fsp3) is 0.350. The van der Waals surface area contributed by atoms with E-state index in [2.05, 4.69) is 15.1 Å². The van der Waals surface area contributed by atoms with Crippen molar-refractivity contribution < 1.29 is 18.7 Å². The summed E-state index contributed by atoms with van der Waals surface area (Å²) in [5.74, 6) is -0.744. The molecule has 10 heteroatoms. The second-order valence-electron chi connectivity index (χ2n) is 6.79. The van der Waals surface area contributed by atoms with E-state index in [0.717, 1.165) is 11.3 Å². The van der Waals surface area contributed by atoms with E-state index < -0.39 is 5.97 Å². The predicted octanol–water partition coefficient (Wildman–Crippen LogP) is 2.35. The number of benzene rings is 1. The highest BCUT2D eigenvalue weighted by Crippen LogP contribution is 2.17. The van der Waals surface area contributed by atoms with Crippen LogP contribution < -0.4 is 0 Å². The molecule has 1 amide bonds. The molecular formula is C20H22FN5O3S. The Morgan fingerprint density at radius 1 is 1.20 bits per heavy atom. The Kier molecular flexibility index (Phi) is 6.66. The van der Waals surface area contributed by atoms with Gasteiger partial charge < -0.3 is 9.64 Å². The summed E-state index contributed by atoms with van der Waals surface area (Å²) in [5, 5.41) is 4.95. The van der Waals surface area contributed by atoms with Crippen LogP contribution in [0.2, 0.25) is 0 Å². The van der Waals surface area contributed by atoms with Crippen LogP contribution in [0.5, 0.6) is 0 Å². The van der Waals surface area contributed by atoms with E-state index in [4.69, 9.17) is 4.74 Å². The van der Waals surface area contributed by atoms with Crippen LogP contribution in [-0.4, -0.2) is 56.3 Å². The number of rotatable bonds is 7. The van der Waals surface area contributed by atoms with Gasteiger partial charge >= 0.3 is 5.97 Å². The van der Waals surface area contributed by atoms with Gasteiger partial charge in [-0.1, -0.05) is 23.9 Å². The monoisotopic (exact) mass is 431 g/mol. The third-order valence-electron chi connectivity index (χ3n) is 4.65. The number of likely N-dealkylation sites (N-methyl/N-ethyl adjacent to an activating group) is 1. The standard InChI is InChI=1S/C20H22FN5O3S/c1-12-16(13(2)26-19(22-12)23-20(24-26)30-4)9-18(28)29-11-17(27)25(3)10-14-5-7-15(21)8-6-14/h5-8H,9-11H2,1-4H3. The fourth-order valence-electron chi connectivity index (χ4n) is 2.93. The van der Waals surface area contributed by atoms with Gasteiger partial charge in [0.05, 0.1) is 6.42 Å². The molecule has 0 atom stereocenters. The van der Waals surface area contributed by atoms with E-state index in [1.807, 2.05) is 13.2 Å². The van der Waals surface area contributed by atoms with Crippen molar-refractivity contribution in [3.8, 4) is 0 Å². The number of esters is 1. The smallest absolute Gasteiger partial charge is 0.310 e.